The summed E-state index contributed by atoms with van der Waals surface area (Å²) in [7, 11) is 0. The van der Waals surface area contributed by atoms with Crippen LogP contribution in [0.15, 0.2) is 24.3 Å². The smallest absolute Gasteiger partial charge is 0.0731 e. The molecule has 4 heteroatoms. The van der Waals surface area contributed by atoms with Crippen LogP contribution in [0.4, 0.5) is 0 Å². The normalized spacial score (nSPS) is 19.3. The fourth-order valence-electron chi connectivity index (χ4n) is 2.22. The van der Waals surface area contributed by atoms with Crippen LogP contribution in [0, 0.1) is 5.92 Å². The molecule has 1 heterocycles. The van der Waals surface area contributed by atoms with E-state index in [1.54, 1.807) is 0 Å². The van der Waals surface area contributed by atoms with Gasteiger partial charge in [0, 0.05) is 11.6 Å². The van der Waals surface area contributed by atoms with Crippen LogP contribution in [0.5, 0.6) is 0 Å². The molecular weight excluding hydrogens is 269 g/mol. The van der Waals surface area contributed by atoms with Gasteiger partial charge in [-0.15, -0.1) is 12.4 Å². The molecule has 1 saturated heterocycles. The fraction of sp³-hybridized carbons (Fsp3) is 0.571. The molecule has 0 saturated carbocycles. The van der Waals surface area contributed by atoms with Gasteiger partial charge in [-0.05, 0) is 49.9 Å². The number of nitrogens with one attached hydrogen (secondary N) is 1. The van der Waals surface area contributed by atoms with Crippen LogP contribution in [0.3, 0.4) is 0 Å². The second-order valence-electron chi connectivity index (χ2n) is 4.65. The average Bonchev–Trinajstić information content (AvgIpc) is 2.38. The Labute approximate surface area is 120 Å². The second-order valence-corrected chi connectivity index (χ2v) is 5.05. The third kappa shape index (κ3) is 5.15. The zero-order valence-electron chi connectivity index (χ0n) is 10.5. The molecule has 0 spiro atoms. The molecule has 18 heavy (non-hydrogen) atoms. The van der Waals surface area contributed by atoms with Gasteiger partial charge in [0.15, 0.2) is 0 Å². The third-order valence-electron chi connectivity index (χ3n) is 3.28. The molecule has 0 amide bonds. The van der Waals surface area contributed by atoms with E-state index in [0.717, 1.165) is 36.1 Å². The summed E-state index contributed by atoms with van der Waals surface area (Å²) in [5, 5.41) is 4.22. The van der Waals surface area contributed by atoms with Gasteiger partial charge in [0.05, 0.1) is 6.61 Å². The summed E-state index contributed by atoms with van der Waals surface area (Å²) in [6.07, 6.45) is 3.79. The van der Waals surface area contributed by atoms with Gasteiger partial charge in [-0.3, -0.25) is 0 Å². The van der Waals surface area contributed by atoms with E-state index in [1.165, 1.54) is 19.4 Å². The maximum absolute atomic E-state index is 6.06. The number of benzene rings is 1. The van der Waals surface area contributed by atoms with E-state index < -0.39 is 0 Å². The predicted octanol–water partition coefficient (Wildman–Crippen LogP) is 3.67. The minimum Gasteiger partial charge on any atom is -0.377 e. The topological polar surface area (TPSA) is 21.3 Å². The first-order valence-corrected chi connectivity index (χ1v) is 6.76. The molecule has 1 aromatic rings. The Hall–Kier alpha value is -0.280. The van der Waals surface area contributed by atoms with Crippen molar-refractivity contribution in [2.45, 2.75) is 25.9 Å². The lowest BCUT2D eigenvalue weighted by atomic mass is 9.97. The van der Waals surface area contributed by atoms with Crippen molar-refractivity contribution in [3.8, 4) is 0 Å². The van der Waals surface area contributed by atoms with Crippen molar-refractivity contribution in [1.29, 1.82) is 0 Å². The largest absolute Gasteiger partial charge is 0.377 e. The first kappa shape index (κ1) is 15.8. The average molecular weight is 290 g/mol. The van der Waals surface area contributed by atoms with E-state index in [2.05, 4.69) is 5.32 Å². The summed E-state index contributed by atoms with van der Waals surface area (Å²) in [5.41, 5.74) is 1.08. The van der Waals surface area contributed by atoms with Crippen molar-refractivity contribution in [2.75, 3.05) is 19.7 Å². The zero-order valence-corrected chi connectivity index (χ0v) is 12.1. The first-order valence-electron chi connectivity index (χ1n) is 6.38. The van der Waals surface area contributed by atoms with Gasteiger partial charge in [-0.2, -0.15) is 0 Å². The molecule has 0 bridgehead atoms. The molecule has 1 atom stereocenters. The number of piperidine rings is 1. The highest BCUT2D eigenvalue weighted by Crippen LogP contribution is 2.17. The van der Waals surface area contributed by atoms with Gasteiger partial charge in [-0.25, -0.2) is 0 Å². The van der Waals surface area contributed by atoms with Crippen molar-refractivity contribution < 1.29 is 4.74 Å². The molecule has 1 aromatic carbocycles. The maximum Gasteiger partial charge on any atom is 0.0731 e. The monoisotopic (exact) mass is 289 g/mol. The fourth-order valence-corrected chi connectivity index (χ4v) is 2.41. The maximum atomic E-state index is 6.06. The lowest BCUT2D eigenvalue weighted by molar-refractivity contribution is 0.103. The Morgan fingerprint density at radius 3 is 2.89 bits per heavy atom. The Kier molecular flexibility index (Phi) is 7.68. The highest BCUT2D eigenvalue weighted by atomic mass is 35.5. The molecule has 1 aliphatic rings. The van der Waals surface area contributed by atoms with Crippen molar-refractivity contribution >= 4 is 24.0 Å². The lowest BCUT2D eigenvalue weighted by Gasteiger charge is -2.22. The van der Waals surface area contributed by atoms with E-state index >= 15 is 0 Å². The second kappa shape index (κ2) is 8.76. The van der Waals surface area contributed by atoms with Crippen LogP contribution in [0.1, 0.15) is 24.8 Å². The first-order chi connectivity index (χ1) is 8.36. The highest BCUT2D eigenvalue weighted by Gasteiger charge is 2.12. The van der Waals surface area contributed by atoms with Crippen LogP contribution in [0.25, 0.3) is 0 Å². The number of hydrogen-bond acceptors (Lipinski definition) is 2. The number of hydrogen-bond donors (Lipinski definition) is 1. The molecule has 1 fully saturated rings. The van der Waals surface area contributed by atoms with E-state index in [4.69, 9.17) is 16.3 Å². The lowest BCUT2D eigenvalue weighted by Crippen LogP contribution is -2.30. The Bertz CT molecular complexity index is 340. The Balaban J connectivity index is 0.00000162. The van der Waals surface area contributed by atoms with Crippen LogP contribution in [-0.4, -0.2) is 19.7 Å². The van der Waals surface area contributed by atoms with Gasteiger partial charge < -0.3 is 10.1 Å². The molecule has 2 nitrogen and oxygen atoms in total. The van der Waals surface area contributed by atoms with Gasteiger partial charge in [0.1, 0.15) is 0 Å². The molecule has 1 unspecified atom stereocenters. The summed E-state index contributed by atoms with van der Waals surface area (Å²) < 4.78 is 5.69. The molecule has 2 rings (SSSR count). The molecular formula is C14H21Cl2NO. The number of ether oxygens (including phenoxy) is 1. The summed E-state index contributed by atoms with van der Waals surface area (Å²) in [5.74, 6) is 0.787. The van der Waals surface area contributed by atoms with Crippen LogP contribution < -0.4 is 5.32 Å². The van der Waals surface area contributed by atoms with E-state index in [0.29, 0.717) is 6.61 Å². The van der Waals surface area contributed by atoms with Crippen molar-refractivity contribution in [3.05, 3.63) is 34.9 Å². The standard InChI is InChI=1S/C14H20ClNO.ClH/c15-14-6-2-1-5-13(14)11-17-9-7-12-4-3-8-16-10-12;/h1-2,5-6,12,16H,3-4,7-11H2;1H. The SMILES string of the molecule is Cl.Clc1ccccc1COCCC1CCCNC1. The summed E-state index contributed by atoms with van der Waals surface area (Å²) in [6, 6.07) is 7.87. The molecule has 0 radical (unpaired) electrons. The van der Waals surface area contributed by atoms with Crippen molar-refractivity contribution in [2.24, 2.45) is 5.92 Å². The van der Waals surface area contributed by atoms with E-state index in [9.17, 15) is 0 Å². The highest BCUT2D eigenvalue weighted by molar-refractivity contribution is 6.31. The summed E-state index contributed by atoms with van der Waals surface area (Å²) >= 11 is 6.06. The van der Waals surface area contributed by atoms with Crippen LogP contribution >= 0.6 is 24.0 Å². The third-order valence-corrected chi connectivity index (χ3v) is 3.65. The van der Waals surface area contributed by atoms with Gasteiger partial charge in [0.25, 0.3) is 0 Å². The van der Waals surface area contributed by atoms with Crippen molar-refractivity contribution in [3.63, 3.8) is 0 Å². The van der Waals surface area contributed by atoms with Gasteiger partial charge >= 0.3 is 0 Å². The summed E-state index contributed by atoms with van der Waals surface area (Å²) in [6.45, 7) is 3.78. The van der Waals surface area contributed by atoms with E-state index in [1.807, 2.05) is 24.3 Å². The number of rotatable bonds is 5. The molecule has 1 N–H and O–H groups in total. The minimum absolute atomic E-state index is 0. The molecule has 1 aliphatic heterocycles. The quantitative estimate of drug-likeness (QED) is 0.835. The van der Waals surface area contributed by atoms with Gasteiger partial charge in [0.2, 0.25) is 0 Å². The molecule has 102 valence electrons. The van der Waals surface area contributed by atoms with Crippen LogP contribution in [-0.2, 0) is 11.3 Å². The number of halogens is 2. The minimum atomic E-state index is 0. The van der Waals surface area contributed by atoms with Crippen molar-refractivity contribution in [1.82, 2.24) is 5.32 Å². The van der Waals surface area contributed by atoms with Crippen LogP contribution in [0.2, 0.25) is 5.02 Å². The molecule has 0 aromatic heterocycles. The Morgan fingerprint density at radius 1 is 1.33 bits per heavy atom. The Morgan fingerprint density at radius 2 is 2.17 bits per heavy atom. The molecule has 0 aliphatic carbocycles. The zero-order chi connectivity index (χ0) is 11.9. The summed E-state index contributed by atoms with van der Waals surface area (Å²) in [4.78, 5) is 0. The van der Waals surface area contributed by atoms with E-state index in [-0.39, 0.29) is 12.4 Å². The van der Waals surface area contributed by atoms with Gasteiger partial charge in [-0.1, -0.05) is 29.8 Å². The predicted molar refractivity (Wildman–Crippen MR) is 78.6 cm³/mol.